The van der Waals surface area contributed by atoms with E-state index in [1.807, 2.05) is 0 Å². The molecule has 3 aromatic carbocycles. The highest BCUT2D eigenvalue weighted by atomic mass is 32.2. The fourth-order valence-corrected chi connectivity index (χ4v) is 4.41. The van der Waals surface area contributed by atoms with Crippen LogP contribution in [0.15, 0.2) is 65.6 Å². The van der Waals surface area contributed by atoms with Crippen LogP contribution < -0.4 is 34.3 Å². The van der Waals surface area contributed by atoms with Gasteiger partial charge in [0, 0.05) is 16.9 Å². The Morgan fingerprint density at radius 1 is 0.778 bits per heavy atom. The van der Waals surface area contributed by atoms with Crippen LogP contribution in [0, 0.1) is 0 Å². The number of nitrogens with one attached hydrogen (secondary N) is 3. The molecule has 0 aliphatic carbocycles. The van der Waals surface area contributed by atoms with Crippen molar-refractivity contribution in [1.82, 2.24) is 5.32 Å². The Kier molecular flexibility index (Phi) is 8.56. The van der Waals surface area contributed by atoms with Crippen molar-refractivity contribution in [3.8, 4) is 23.0 Å². The summed E-state index contributed by atoms with van der Waals surface area (Å²) in [6.45, 7) is 0. The molecule has 0 spiro atoms. The van der Waals surface area contributed by atoms with Gasteiger partial charge < -0.3 is 24.3 Å². The van der Waals surface area contributed by atoms with E-state index in [2.05, 4.69) is 15.4 Å². The van der Waals surface area contributed by atoms with Gasteiger partial charge in [0.05, 0.1) is 33.3 Å². The minimum absolute atomic E-state index is 0.0146. The number of carbonyl (C=O) groups is 1. The van der Waals surface area contributed by atoms with Gasteiger partial charge in [-0.25, -0.2) is 8.42 Å². The molecule has 0 unspecified atom stereocenters. The Bertz CT molecular complexity index is 1320. The minimum Gasteiger partial charge on any atom is -0.497 e. The Hall–Kier alpha value is -4.03. The number of carbonyl (C=O) groups excluding carboxylic acids is 1. The molecule has 1 amide bonds. The van der Waals surface area contributed by atoms with Crippen LogP contribution in [-0.2, 0) is 10.0 Å². The van der Waals surface area contributed by atoms with E-state index in [1.54, 1.807) is 24.3 Å². The Balaban J connectivity index is 1.65. The van der Waals surface area contributed by atoms with Crippen molar-refractivity contribution in [3.63, 3.8) is 0 Å². The van der Waals surface area contributed by atoms with E-state index in [0.29, 0.717) is 34.4 Å². The van der Waals surface area contributed by atoms with Gasteiger partial charge in [0.2, 0.25) is 5.75 Å². The van der Waals surface area contributed by atoms with Crippen LogP contribution in [0.1, 0.15) is 10.4 Å². The van der Waals surface area contributed by atoms with E-state index < -0.39 is 15.9 Å². The van der Waals surface area contributed by atoms with Gasteiger partial charge in [0.15, 0.2) is 16.6 Å². The molecule has 0 atom stereocenters. The fourth-order valence-electron chi connectivity index (χ4n) is 3.14. The van der Waals surface area contributed by atoms with Crippen LogP contribution in [0.4, 0.5) is 11.4 Å². The standard InChI is InChI=1S/C24H25N3O7S2/c1-31-18-9-5-17(6-10-18)27-36(29,30)19-11-7-16(8-12-19)25-24(35)26-23(28)15-13-20(32-2)22(34-4)21(14-15)33-3/h5-14,27H,1-4H3,(H2,25,26,28,35). The summed E-state index contributed by atoms with van der Waals surface area (Å²) in [4.78, 5) is 12.7. The van der Waals surface area contributed by atoms with Crippen LogP contribution in [0.5, 0.6) is 23.0 Å². The predicted octanol–water partition coefficient (Wildman–Crippen LogP) is 3.65. The average Bonchev–Trinajstić information content (AvgIpc) is 2.88. The number of sulfonamides is 1. The molecule has 0 saturated carbocycles. The molecule has 0 radical (unpaired) electrons. The maximum atomic E-state index is 12.7. The SMILES string of the molecule is COc1ccc(NS(=O)(=O)c2ccc(NC(=S)NC(=O)c3cc(OC)c(OC)c(OC)c3)cc2)cc1. The highest BCUT2D eigenvalue weighted by Gasteiger charge is 2.18. The molecule has 3 aromatic rings. The zero-order valence-electron chi connectivity index (χ0n) is 19.9. The van der Waals surface area contributed by atoms with Crippen LogP contribution in [0.2, 0.25) is 0 Å². The maximum absolute atomic E-state index is 12.7. The number of methoxy groups -OCH3 is 4. The van der Waals surface area contributed by atoms with Gasteiger partial charge in [0.1, 0.15) is 5.75 Å². The van der Waals surface area contributed by atoms with Crippen molar-refractivity contribution in [3.05, 3.63) is 66.2 Å². The van der Waals surface area contributed by atoms with Crippen molar-refractivity contribution in [1.29, 1.82) is 0 Å². The molecule has 12 heteroatoms. The highest BCUT2D eigenvalue weighted by molar-refractivity contribution is 7.92. The lowest BCUT2D eigenvalue weighted by molar-refractivity contribution is 0.0977. The topological polar surface area (TPSA) is 124 Å². The number of ether oxygens (including phenoxy) is 4. The van der Waals surface area contributed by atoms with Gasteiger partial charge >= 0.3 is 0 Å². The first-order valence-corrected chi connectivity index (χ1v) is 12.3. The van der Waals surface area contributed by atoms with E-state index in [0.717, 1.165) is 0 Å². The van der Waals surface area contributed by atoms with Crippen molar-refractivity contribution in [2.75, 3.05) is 38.5 Å². The van der Waals surface area contributed by atoms with Crippen molar-refractivity contribution in [2.24, 2.45) is 0 Å². The van der Waals surface area contributed by atoms with Crippen molar-refractivity contribution >= 4 is 44.6 Å². The van der Waals surface area contributed by atoms with Gasteiger partial charge in [-0.3, -0.25) is 14.8 Å². The number of benzene rings is 3. The summed E-state index contributed by atoms with van der Waals surface area (Å²) in [5, 5.41) is 5.42. The fraction of sp³-hybridized carbons (Fsp3) is 0.167. The van der Waals surface area contributed by atoms with Gasteiger partial charge in [-0.1, -0.05) is 0 Å². The lowest BCUT2D eigenvalue weighted by atomic mass is 10.1. The molecule has 0 aliphatic rings. The third-order valence-corrected chi connectivity index (χ3v) is 6.52. The Morgan fingerprint density at radius 3 is 1.83 bits per heavy atom. The Labute approximate surface area is 214 Å². The summed E-state index contributed by atoms with van der Waals surface area (Å²) in [5.74, 6) is 1.10. The summed E-state index contributed by atoms with van der Waals surface area (Å²) in [7, 11) is 2.07. The normalized spacial score (nSPS) is 10.7. The number of thiocarbonyl (C=S) groups is 1. The van der Waals surface area contributed by atoms with E-state index in [4.69, 9.17) is 31.2 Å². The molecule has 0 heterocycles. The summed E-state index contributed by atoms with van der Waals surface area (Å²) >= 11 is 5.23. The second-order valence-corrected chi connectivity index (χ2v) is 9.27. The van der Waals surface area contributed by atoms with Crippen LogP contribution in [0.25, 0.3) is 0 Å². The van der Waals surface area contributed by atoms with Gasteiger partial charge in [0.25, 0.3) is 15.9 Å². The number of hydrogen-bond acceptors (Lipinski definition) is 8. The third-order valence-electron chi connectivity index (χ3n) is 4.92. The number of amides is 1. The predicted molar refractivity (Wildman–Crippen MR) is 140 cm³/mol. The zero-order chi connectivity index (χ0) is 26.3. The van der Waals surface area contributed by atoms with E-state index >= 15 is 0 Å². The first-order valence-electron chi connectivity index (χ1n) is 10.4. The molecular formula is C24H25N3O7S2. The highest BCUT2D eigenvalue weighted by Crippen LogP contribution is 2.38. The molecular weight excluding hydrogens is 506 g/mol. The summed E-state index contributed by atoms with van der Waals surface area (Å²) in [5.41, 5.74) is 1.11. The van der Waals surface area contributed by atoms with Gasteiger partial charge in [-0.05, 0) is 72.9 Å². The molecule has 0 bridgehead atoms. The second-order valence-electron chi connectivity index (χ2n) is 7.18. The number of anilines is 2. The third kappa shape index (κ3) is 6.34. The van der Waals surface area contributed by atoms with Crippen LogP contribution in [-0.4, -0.2) is 47.9 Å². The summed E-state index contributed by atoms with van der Waals surface area (Å²) in [6, 6.07) is 15.4. The van der Waals surface area contributed by atoms with E-state index in [-0.39, 0.29) is 15.6 Å². The largest absolute Gasteiger partial charge is 0.497 e. The van der Waals surface area contributed by atoms with Gasteiger partial charge in [-0.2, -0.15) is 0 Å². The van der Waals surface area contributed by atoms with Crippen molar-refractivity contribution in [2.45, 2.75) is 4.90 Å². The lowest BCUT2D eigenvalue weighted by Gasteiger charge is -2.15. The quantitative estimate of drug-likeness (QED) is 0.355. The summed E-state index contributed by atoms with van der Waals surface area (Å²) < 4.78 is 48.7. The molecule has 0 saturated heterocycles. The summed E-state index contributed by atoms with van der Waals surface area (Å²) in [6.07, 6.45) is 0. The number of hydrogen-bond donors (Lipinski definition) is 3. The molecule has 0 fully saturated rings. The first-order chi connectivity index (χ1) is 17.2. The Morgan fingerprint density at radius 2 is 1.33 bits per heavy atom. The average molecular weight is 532 g/mol. The minimum atomic E-state index is -3.81. The van der Waals surface area contributed by atoms with Gasteiger partial charge in [-0.15, -0.1) is 0 Å². The van der Waals surface area contributed by atoms with E-state index in [9.17, 15) is 13.2 Å². The van der Waals surface area contributed by atoms with E-state index in [1.165, 1.54) is 64.8 Å². The molecule has 10 nitrogen and oxygen atoms in total. The molecule has 0 aromatic heterocycles. The molecule has 3 N–H and O–H groups in total. The molecule has 190 valence electrons. The first kappa shape index (κ1) is 26.6. The smallest absolute Gasteiger partial charge is 0.261 e. The monoisotopic (exact) mass is 531 g/mol. The number of rotatable bonds is 9. The maximum Gasteiger partial charge on any atom is 0.261 e. The van der Waals surface area contributed by atoms with Crippen LogP contribution >= 0.6 is 12.2 Å². The zero-order valence-corrected chi connectivity index (χ0v) is 21.6. The lowest BCUT2D eigenvalue weighted by Crippen LogP contribution is -2.34. The molecule has 3 rings (SSSR count). The second kappa shape index (κ2) is 11.6. The van der Waals surface area contributed by atoms with Crippen LogP contribution in [0.3, 0.4) is 0 Å². The van der Waals surface area contributed by atoms with Crippen molar-refractivity contribution < 1.29 is 32.2 Å². The molecule has 36 heavy (non-hydrogen) atoms. The molecule has 0 aliphatic heterocycles.